The standard InChI is InChI=1S/C22H25N3O5/c1-14(2)30-18-9-7-17(8-10-18)23-21(26)20-5-4-12-24(20)22(27)16-6-11-19(25(28)29)15(3)13-16/h6-11,13-14,20H,4-5,12H2,1-3H3,(H,23,26). The highest BCUT2D eigenvalue weighted by Gasteiger charge is 2.35. The van der Waals surface area contributed by atoms with E-state index in [1.165, 1.54) is 23.1 Å². The van der Waals surface area contributed by atoms with Crippen LogP contribution in [0.1, 0.15) is 42.6 Å². The zero-order chi connectivity index (χ0) is 21.8. The molecule has 1 unspecified atom stereocenters. The molecule has 1 heterocycles. The first-order valence-electron chi connectivity index (χ1n) is 9.90. The molecule has 2 aromatic rings. The van der Waals surface area contributed by atoms with Gasteiger partial charge < -0.3 is 15.0 Å². The number of amides is 2. The molecule has 1 aliphatic rings. The van der Waals surface area contributed by atoms with Crippen LogP contribution in [0.3, 0.4) is 0 Å². The molecule has 0 spiro atoms. The number of nitrogens with zero attached hydrogens (tertiary/aromatic N) is 2. The normalized spacial score (nSPS) is 15.9. The Hall–Kier alpha value is -3.42. The predicted molar refractivity (Wildman–Crippen MR) is 113 cm³/mol. The highest BCUT2D eigenvalue weighted by molar-refractivity contribution is 6.01. The number of likely N-dealkylation sites (tertiary alicyclic amines) is 1. The van der Waals surface area contributed by atoms with Gasteiger partial charge in [0.2, 0.25) is 5.91 Å². The Morgan fingerprint density at radius 3 is 2.50 bits per heavy atom. The molecule has 0 aliphatic carbocycles. The Morgan fingerprint density at radius 1 is 1.20 bits per heavy atom. The van der Waals surface area contributed by atoms with Crippen molar-refractivity contribution in [2.45, 2.75) is 45.8 Å². The maximum Gasteiger partial charge on any atom is 0.272 e. The molecule has 2 amide bonds. The lowest BCUT2D eigenvalue weighted by atomic mass is 10.1. The third-order valence-electron chi connectivity index (χ3n) is 4.95. The van der Waals surface area contributed by atoms with Crippen LogP contribution in [0.2, 0.25) is 0 Å². The van der Waals surface area contributed by atoms with Crippen LogP contribution in [-0.4, -0.2) is 40.3 Å². The molecule has 30 heavy (non-hydrogen) atoms. The number of nitro benzene ring substituents is 1. The van der Waals surface area contributed by atoms with E-state index in [1.807, 2.05) is 13.8 Å². The Labute approximate surface area is 175 Å². The summed E-state index contributed by atoms with van der Waals surface area (Å²) in [5.74, 6) is 0.164. The van der Waals surface area contributed by atoms with Gasteiger partial charge in [-0.05, 0) is 70.0 Å². The molecule has 1 saturated heterocycles. The Balaban J connectivity index is 1.70. The van der Waals surface area contributed by atoms with Gasteiger partial charge in [0.15, 0.2) is 0 Å². The first-order valence-corrected chi connectivity index (χ1v) is 9.90. The van der Waals surface area contributed by atoms with Gasteiger partial charge in [0.05, 0.1) is 11.0 Å². The van der Waals surface area contributed by atoms with E-state index in [9.17, 15) is 19.7 Å². The fourth-order valence-corrected chi connectivity index (χ4v) is 3.56. The van der Waals surface area contributed by atoms with Crippen molar-refractivity contribution < 1.29 is 19.2 Å². The van der Waals surface area contributed by atoms with E-state index in [-0.39, 0.29) is 23.6 Å². The number of nitrogens with one attached hydrogen (secondary N) is 1. The lowest BCUT2D eigenvalue weighted by Crippen LogP contribution is -2.43. The van der Waals surface area contributed by atoms with Gasteiger partial charge in [-0.2, -0.15) is 0 Å². The van der Waals surface area contributed by atoms with Crippen LogP contribution < -0.4 is 10.1 Å². The first kappa shape index (κ1) is 21.3. The quantitative estimate of drug-likeness (QED) is 0.573. The fourth-order valence-electron chi connectivity index (χ4n) is 3.56. The summed E-state index contributed by atoms with van der Waals surface area (Å²) in [5.41, 5.74) is 1.34. The molecule has 0 aromatic heterocycles. The average Bonchev–Trinajstić information content (AvgIpc) is 3.18. The second-order valence-corrected chi connectivity index (χ2v) is 7.60. The summed E-state index contributed by atoms with van der Waals surface area (Å²) < 4.78 is 5.60. The second-order valence-electron chi connectivity index (χ2n) is 7.60. The van der Waals surface area contributed by atoms with Crippen molar-refractivity contribution in [2.24, 2.45) is 0 Å². The molecule has 158 valence electrons. The van der Waals surface area contributed by atoms with Crippen molar-refractivity contribution in [3.8, 4) is 5.75 Å². The number of hydrogen-bond acceptors (Lipinski definition) is 5. The fraction of sp³-hybridized carbons (Fsp3) is 0.364. The molecule has 1 aliphatic heterocycles. The molecule has 1 atom stereocenters. The smallest absolute Gasteiger partial charge is 0.272 e. The van der Waals surface area contributed by atoms with Crippen molar-refractivity contribution in [1.82, 2.24) is 4.90 Å². The molecule has 8 nitrogen and oxygen atoms in total. The number of anilines is 1. The van der Waals surface area contributed by atoms with Gasteiger partial charge in [-0.1, -0.05) is 0 Å². The van der Waals surface area contributed by atoms with Crippen LogP contribution >= 0.6 is 0 Å². The number of carbonyl (C=O) groups excluding carboxylic acids is 2. The Bertz CT molecular complexity index is 956. The molecule has 1 N–H and O–H groups in total. The van der Waals surface area contributed by atoms with Crippen molar-refractivity contribution in [3.05, 3.63) is 63.7 Å². The summed E-state index contributed by atoms with van der Waals surface area (Å²) >= 11 is 0. The maximum atomic E-state index is 13.0. The monoisotopic (exact) mass is 411 g/mol. The number of ether oxygens (including phenoxy) is 1. The molecule has 0 bridgehead atoms. The van der Waals surface area contributed by atoms with Crippen molar-refractivity contribution in [2.75, 3.05) is 11.9 Å². The first-order chi connectivity index (χ1) is 14.3. The van der Waals surface area contributed by atoms with Gasteiger partial charge in [-0.25, -0.2) is 0 Å². The minimum Gasteiger partial charge on any atom is -0.491 e. The van der Waals surface area contributed by atoms with Crippen LogP contribution in [0.25, 0.3) is 0 Å². The highest BCUT2D eigenvalue weighted by atomic mass is 16.6. The maximum absolute atomic E-state index is 13.0. The lowest BCUT2D eigenvalue weighted by Gasteiger charge is -2.24. The van der Waals surface area contributed by atoms with E-state index in [2.05, 4.69) is 5.32 Å². The number of carbonyl (C=O) groups is 2. The van der Waals surface area contributed by atoms with Crippen molar-refractivity contribution >= 4 is 23.2 Å². The molecule has 8 heteroatoms. The van der Waals surface area contributed by atoms with Gasteiger partial charge >= 0.3 is 0 Å². The minimum absolute atomic E-state index is 0.0350. The van der Waals surface area contributed by atoms with Crippen LogP contribution in [-0.2, 0) is 4.79 Å². The predicted octanol–water partition coefficient (Wildman–Crippen LogP) is 3.93. The molecule has 1 fully saturated rings. The molecule has 0 radical (unpaired) electrons. The van der Waals surface area contributed by atoms with Gasteiger partial charge in [-0.15, -0.1) is 0 Å². The zero-order valence-corrected chi connectivity index (χ0v) is 17.3. The van der Waals surface area contributed by atoms with E-state index < -0.39 is 11.0 Å². The third-order valence-corrected chi connectivity index (χ3v) is 4.95. The summed E-state index contributed by atoms with van der Waals surface area (Å²) in [6.07, 6.45) is 1.35. The summed E-state index contributed by atoms with van der Waals surface area (Å²) in [4.78, 5) is 37.8. The van der Waals surface area contributed by atoms with E-state index in [0.717, 1.165) is 6.42 Å². The number of benzene rings is 2. The van der Waals surface area contributed by atoms with Crippen LogP contribution in [0.4, 0.5) is 11.4 Å². The summed E-state index contributed by atoms with van der Waals surface area (Å²) in [5, 5.41) is 13.9. The summed E-state index contributed by atoms with van der Waals surface area (Å²) in [7, 11) is 0. The molecule has 2 aromatic carbocycles. The zero-order valence-electron chi connectivity index (χ0n) is 17.3. The van der Waals surface area contributed by atoms with Gasteiger partial charge in [0, 0.05) is 29.4 Å². The van der Waals surface area contributed by atoms with E-state index in [4.69, 9.17) is 4.74 Å². The average molecular weight is 411 g/mol. The van der Waals surface area contributed by atoms with Crippen LogP contribution in [0.5, 0.6) is 5.75 Å². The van der Waals surface area contributed by atoms with Crippen molar-refractivity contribution in [1.29, 1.82) is 0 Å². The van der Waals surface area contributed by atoms with Crippen LogP contribution in [0.15, 0.2) is 42.5 Å². The number of rotatable bonds is 6. The summed E-state index contributed by atoms with van der Waals surface area (Å²) in [6.45, 7) is 5.94. The Kier molecular flexibility index (Phi) is 6.34. The van der Waals surface area contributed by atoms with Gasteiger partial charge in [0.1, 0.15) is 11.8 Å². The SMILES string of the molecule is Cc1cc(C(=O)N2CCCC2C(=O)Nc2ccc(OC(C)C)cc2)ccc1[N+](=O)[O-]. The van der Waals surface area contributed by atoms with Crippen LogP contribution in [0, 0.1) is 17.0 Å². The van der Waals surface area contributed by atoms with E-state index in [1.54, 1.807) is 31.2 Å². The number of nitro groups is 1. The largest absolute Gasteiger partial charge is 0.491 e. The number of aryl methyl sites for hydroxylation is 1. The van der Waals surface area contributed by atoms with Gasteiger partial charge in [-0.3, -0.25) is 19.7 Å². The topological polar surface area (TPSA) is 102 Å². The third kappa shape index (κ3) is 4.76. The lowest BCUT2D eigenvalue weighted by molar-refractivity contribution is -0.385. The molecule has 0 saturated carbocycles. The second kappa shape index (κ2) is 8.94. The molecule has 3 rings (SSSR count). The van der Waals surface area contributed by atoms with E-state index in [0.29, 0.717) is 35.5 Å². The number of hydrogen-bond donors (Lipinski definition) is 1. The van der Waals surface area contributed by atoms with Gasteiger partial charge in [0.25, 0.3) is 11.6 Å². The Morgan fingerprint density at radius 2 is 1.90 bits per heavy atom. The molecular weight excluding hydrogens is 386 g/mol. The highest BCUT2D eigenvalue weighted by Crippen LogP contribution is 2.25. The minimum atomic E-state index is -0.584. The summed E-state index contributed by atoms with van der Waals surface area (Å²) in [6, 6.07) is 10.8. The van der Waals surface area contributed by atoms with Crippen molar-refractivity contribution in [3.63, 3.8) is 0 Å². The molecular formula is C22H25N3O5. The van der Waals surface area contributed by atoms with E-state index >= 15 is 0 Å².